The quantitative estimate of drug-likeness (QED) is 0.741. The maximum Gasteiger partial charge on any atom is 0.205 e. The first-order valence-electron chi connectivity index (χ1n) is 5.76. The summed E-state index contributed by atoms with van der Waals surface area (Å²) in [5, 5.41) is 0. The number of aryl methyl sites for hydroxylation is 1. The summed E-state index contributed by atoms with van der Waals surface area (Å²) in [5.41, 5.74) is 9.24. The molecule has 3 nitrogen and oxygen atoms in total. The first-order chi connectivity index (χ1) is 9.06. The summed E-state index contributed by atoms with van der Waals surface area (Å²) in [4.78, 5) is 4.26. The van der Waals surface area contributed by atoms with Crippen LogP contribution in [-0.2, 0) is 0 Å². The summed E-state index contributed by atoms with van der Waals surface area (Å²) < 4.78 is 16.1. The predicted octanol–water partition coefficient (Wildman–Crippen LogP) is 3.82. The average molecular weight is 320 g/mol. The number of nitrogen functional groups attached to an aromatic ring is 1. The highest BCUT2D eigenvalue weighted by atomic mass is 79.9. The molecule has 0 fully saturated rings. The molecule has 5 heteroatoms. The standard InChI is InChI=1S/C14H11BrFN3/c1-8-2-3-9(15)6-12(8)19-13-7-10(16)4-5-11(13)18-14(19)17/h2-7H,1H3,(H2,17,18). The number of hydrogen-bond donors (Lipinski definition) is 1. The van der Waals surface area contributed by atoms with Crippen molar-refractivity contribution in [2.24, 2.45) is 0 Å². The van der Waals surface area contributed by atoms with Crippen molar-refractivity contribution in [1.82, 2.24) is 9.55 Å². The van der Waals surface area contributed by atoms with Gasteiger partial charge in [-0.3, -0.25) is 4.57 Å². The minimum absolute atomic E-state index is 0.304. The summed E-state index contributed by atoms with van der Waals surface area (Å²) in [6.45, 7) is 1.98. The van der Waals surface area contributed by atoms with Gasteiger partial charge in [0.1, 0.15) is 5.82 Å². The first kappa shape index (κ1) is 12.2. The van der Waals surface area contributed by atoms with Crippen molar-refractivity contribution < 1.29 is 4.39 Å². The van der Waals surface area contributed by atoms with Gasteiger partial charge in [0.05, 0.1) is 16.7 Å². The molecule has 2 aromatic carbocycles. The third kappa shape index (κ3) is 2.00. The van der Waals surface area contributed by atoms with E-state index in [4.69, 9.17) is 5.73 Å². The highest BCUT2D eigenvalue weighted by Gasteiger charge is 2.12. The Morgan fingerprint density at radius 1 is 1.21 bits per heavy atom. The lowest BCUT2D eigenvalue weighted by Crippen LogP contribution is -2.02. The molecule has 0 bridgehead atoms. The van der Waals surface area contributed by atoms with Crippen LogP contribution < -0.4 is 5.73 Å². The predicted molar refractivity (Wildman–Crippen MR) is 77.9 cm³/mol. The zero-order valence-corrected chi connectivity index (χ0v) is 11.8. The van der Waals surface area contributed by atoms with Gasteiger partial charge in [-0.05, 0) is 36.8 Å². The van der Waals surface area contributed by atoms with Crippen molar-refractivity contribution in [3.05, 3.63) is 52.3 Å². The van der Waals surface area contributed by atoms with Gasteiger partial charge in [-0.1, -0.05) is 22.0 Å². The third-order valence-corrected chi connectivity index (χ3v) is 3.55. The van der Waals surface area contributed by atoms with E-state index in [1.165, 1.54) is 12.1 Å². The lowest BCUT2D eigenvalue weighted by Gasteiger charge is -2.10. The Morgan fingerprint density at radius 3 is 2.79 bits per heavy atom. The molecule has 3 rings (SSSR count). The fourth-order valence-corrected chi connectivity index (χ4v) is 2.49. The van der Waals surface area contributed by atoms with Crippen molar-refractivity contribution in [3.63, 3.8) is 0 Å². The zero-order valence-electron chi connectivity index (χ0n) is 10.2. The topological polar surface area (TPSA) is 43.8 Å². The van der Waals surface area contributed by atoms with E-state index in [0.717, 1.165) is 15.7 Å². The van der Waals surface area contributed by atoms with Gasteiger partial charge in [0.15, 0.2) is 0 Å². The van der Waals surface area contributed by atoms with Crippen LogP contribution in [-0.4, -0.2) is 9.55 Å². The minimum atomic E-state index is -0.304. The molecule has 1 aromatic heterocycles. The molecule has 0 unspecified atom stereocenters. The van der Waals surface area contributed by atoms with E-state index < -0.39 is 0 Å². The average Bonchev–Trinajstić information content (AvgIpc) is 2.68. The van der Waals surface area contributed by atoms with Crippen molar-refractivity contribution >= 4 is 32.9 Å². The normalized spacial score (nSPS) is 11.1. The third-order valence-electron chi connectivity index (χ3n) is 3.05. The number of anilines is 1. The van der Waals surface area contributed by atoms with Crippen LogP contribution >= 0.6 is 15.9 Å². The van der Waals surface area contributed by atoms with Gasteiger partial charge in [-0.25, -0.2) is 9.37 Å². The molecule has 0 atom stereocenters. The molecule has 0 aliphatic carbocycles. The number of aromatic nitrogens is 2. The molecule has 0 amide bonds. The molecule has 0 aliphatic rings. The second kappa shape index (κ2) is 4.35. The highest BCUT2D eigenvalue weighted by Crippen LogP contribution is 2.27. The van der Waals surface area contributed by atoms with E-state index in [1.807, 2.05) is 25.1 Å². The van der Waals surface area contributed by atoms with Gasteiger partial charge in [-0.2, -0.15) is 0 Å². The Balaban J connectivity index is 2.38. The van der Waals surface area contributed by atoms with Gasteiger partial charge in [0.2, 0.25) is 5.95 Å². The van der Waals surface area contributed by atoms with Gasteiger partial charge in [0.25, 0.3) is 0 Å². The van der Waals surface area contributed by atoms with Crippen LogP contribution in [0.15, 0.2) is 40.9 Å². The van der Waals surface area contributed by atoms with Gasteiger partial charge >= 0.3 is 0 Å². The number of imidazole rings is 1. The number of benzene rings is 2. The smallest absolute Gasteiger partial charge is 0.205 e. The molecule has 19 heavy (non-hydrogen) atoms. The fourth-order valence-electron chi connectivity index (χ4n) is 2.14. The van der Waals surface area contributed by atoms with Crippen LogP contribution in [0.25, 0.3) is 16.7 Å². The number of nitrogens with two attached hydrogens (primary N) is 1. The summed E-state index contributed by atoms with van der Waals surface area (Å²) in [7, 11) is 0. The van der Waals surface area contributed by atoms with Crippen molar-refractivity contribution in [2.75, 3.05) is 5.73 Å². The van der Waals surface area contributed by atoms with Gasteiger partial charge in [-0.15, -0.1) is 0 Å². The second-order valence-corrected chi connectivity index (χ2v) is 5.28. The van der Waals surface area contributed by atoms with Crippen LogP contribution in [0.4, 0.5) is 10.3 Å². The van der Waals surface area contributed by atoms with Crippen LogP contribution in [0.2, 0.25) is 0 Å². The van der Waals surface area contributed by atoms with E-state index in [0.29, 0.717) is 17.0 Å². The fraction of sp³-hybridized carbons (Fsp3) is 0.0714. The van der Waals surface area contributed by atoms with Crippen LogP contribution in [0.1, 0.15) is 5.56 Å². The van der Waals surface area contributed by atoms with Crippen molar-refractivity contribution in [1.29, 1.82) is 0 Å². The SMILES string of the molecule is Cc1ccc(Br)cc1-n1c(N)nc2ccc(F)cc21. The van der Waals surface area contributed by atoms with E-state index in [-0.39, 0.29) is 5.82 Å². The van der Waals surface area contributed by atoms with Crippen molar-refractivity contribution in [3.8, 4) is 5.69 Å². The monoisotopic (exact) mass is 319 g/mol. The van der Waals surface area contributed by atoms with E-state index in [1.54, 1.807) is 10.6 Å². The molecule has 2 N–H and O–H groups in total. The molecule has 0 aliphatic heterocycles. The number of nitrogens with zero attached hydrogens (tertiary/aromatic N) is 2. The van der Waals surface area contributed by atoms with E-state index in [2.05, 4.69) is 20.9 Å². The van der Waals surface area contributed by atoms with Crippen LogP contribution in [0.5, 0.6) is 0 Å². The highest BCUT2D eigenvalue weighted by molar-refractivity contribution is 9.10. The summed E-state index contributed by atoms with van der Waals surface area (Å²) >= 11 is 3.44. The molecule has 3 aromatic rings. The summed E-state index contributed by atoms with van der Waals surface area (Å²) in [6.07, 6.45) is 0. The number of fused-ring (bicyclic) bond motifs is 1. The van der Waals surface area contributed by atoms with Crippen molar-refractivity contribution in [2.45, 2.75) is 6.92 Å². The maximum atomic E-state index is 13.4. The Morgan fingerprint density at radius 2 is 2.00 bits per heavy atom. The zero-order chi connectivity index (χ0) is 13.6. The molecule has 0 saturated heterocycles. The number of hydrogen-bond acceptors (Lipinski definition) is 2. The molecule has 1 heterocycles. The molecule has 0 spiro atoms. The lowest BCUT2D eigenvalue weighted by atomic mass is 10.2. The number of rotatable bonds is 1. The van der Waals surface area contributed by atoms with Crippen LogP contribution in [0, 0.1) is 12.7 Å². The first-order valence-corrected chi connectivity index (χ1v) is 6.55. The molecule has 0 saturated carbocycles. The Labute approximate surface area is 118 Å². The lowest BCUT2D eigenvalue weighted by molar-refractivity contribution is 0.629. The summed E-state index contributed by atoms with van der Waals surface area (Å²) in [5.74, 6) is 0.0445. The molecule has 96 valence electrons. The summed E-state index contributed by atoms with van der Waals surface area (Å²) in [6, 6.07) is 10.3. The second-order valence-electron chi connectivity index (χ2n) is 4.37. The largest absolute Gasteiger partial charge is 0.369 e. The number of halogens is 2. The maximum absolute atomic E-state index is 13.4. The molecular weight excluding hydrogens is 309 g/mol. The van der Waals surface area contributed by atoms with Gasteiger partial charge in [0, 0.05) is 10.5 Å². The molecular formula is C14H11BrFN3. The Bertz CT molecular complexity index is 780. The van der Waals surface area contributed by atoms with E-state index >= 15 is 0 Å². The molecule has 0 radical (unpaired) electrons. The van der Waals surface area contributed by atoms with Gasteiger partial charge < -0.3 is 5.73 Å². The van der Waals surface area contributed by atoms with Crippen LogP contribution in [0.3, 0.4) is 0 Å². The Hall–Kier alpha value is -1.88. The van der Waals surface area contributed by atoms with E-state index in [9.17, 15) is 4.39 Å². The Kier molecular flexibility index (Phi) is 2.78. The minimum Gasteiger partial charge on any atom is -0.369 e.